The molecule has 0 aliphatic heterocycles. The highest BCUT2D eigenvalue weighted by Gasteiger charge is 2.15. The number of aliphatic hydroxyl groups is 1. The Kier molecular flexibility index (Phi) is 6.48. The first-order chi connectivity index (χ1) is 9.47. The normalized spacial score (nSPS) is 12.3. The number of hydrogen-bond acceptors (Lipinski definition) is 4. The molecule has 0 aliphatic carbocycles. The van der Waals surface area contributed by atoms with Crippen LogP contribution in [0.5, 0.6) is 5.75 Å². The fourth-order valence-electron chi connectivity index (χ4n) is 1.76. The predicted molar refractivity (Wildman–Crippen MR) is 78.6 cm³/mol. The lowest BCUT2D eigenvalue weighted by Gasteiger charge is -2.25. The average molecular weight is 280 g/mol. The molecule has 1 atom stereocenters. The second kappa shape index (κ2) is 7.87. The highest BCUT2D eigenvalue weighted by Crippen LogP contribution is 2.14. The molecule has 20 heavy (non-hydrogen) atoms. The molecule has 5 nitrogen and oxygen atoms in total. The third-order valence-electron chi connectivity index (χ3n) is 3.38. The first-order valence-electron chi connectivity index (χ1n) is 6.66. The summed E-state index contributed by atoms with van der Waals surface area (Å²) in [5, 5.41) is 9.07. The number of carbonyl (C=O) groups excluding carboxylic acids is 1. The number of aliphatic hydroxyl groups excluding tert-OH is 1. The largest absolute Gasteiger partial charge is 0.497 e. The van der Waals surface area contributed by atoms with Crippen LogP contribution in [0.3, 0.4) is 0 Å². The summed E-state index contributed by atoms with van der Waals surface area (Å²) in [5.74, 6) is 0.810. The Balaban J connectivity index is 2.56. The van der Waals surface area contributed by atoms with E-state index in [1.165, 1.54) is 0 Å². The Morgan fingerprint density at radius 3 is 2.70 bits per heavy atom. The second-order valence-electron chi connectivity index (χ2n) is 5.05. The van der Waals surface area contributed by atoms with E-state index < -0.39 is 0 Å². The Hall–Kier alpha value is -1.59. The van der Waals surface area contributed by atoms with Gasteiger partial charge in [0, 0.05) is 19.6 Å². The predicted octanol–water partition coefficient (Wildman–Crippen LogP) is 0.966. The van der Waals surface area contributed by atoms with Gasteiger partial charge in [-0.1, -0.05) is 12.1 Å². The highest BCUT2D eigenvalue weighted by molar-refractivity contribution is 5.78. The summed E-state index contributed by atoms with van der Waals surface area (Å²) >= 11 is 0. The standard InChI is InChI=1S/C15H24N2O3/c1-12(11-18)16(2)10-15(19)17(3)9-13-6-5-7-14(8-13)20-4/h5-8,12,18H,9-11H2,1-4H3. The lowest BCUT2D eigenvalue weighted by Crippen LogP contribution is -2.41. The van der Waals surface area contributed by atoms with Gasteiger partial charge in [0.05, 0.1) is 20.3 Å². The zero-order chi connectivity index (χ0) is 15.1. The van der Waals surface area contributed by atoms with Gasteiger partial charge in [0.25, 0.3) is 0 Å². The van der Waals surface area contributed by atoms with Gasteiger partial charge in [-0.05, 0) is 31.7 Å². The number of benzene rings is 1. The lowest BCUT2D eigenvalue weighted by atomic mass is 10.2. The molecule has 0 bridgehead atoms. The van der Waals surface area contributed by atoms with Crippen molar-refractivity contribution in [3.63, 3.8) is 0 Å². The van der Waals surface area contributed by atoms with Crippen molar-refractivity contribution in [1.82, 2.24) is 9.80 Å². The summed E-state index contributed by atoms with van der Waals surface area (Å²) in [6, 6.07) is 7.65. The van der Waals surface area contributed by atoms with Gasteiger partial charge in [-0.2, -0.15) is 0 Å². The number of nitrogens with zero attached hydrogens (tertiary/aromatic N) is 2. The van der Waals surface area contributed by atoms with Crippen LogP contribution in [0, 0.1) is 0 Å². The van der Waals surface area contributed by atoms with Crippen molar-refractivity contribution in [2.75, 3.05) is 34.4 Å². The number of ether oxygens (including phenoxy) is 1. The van der Waals surface area contributed by atoms with E-state index in [1.54, 1.807) is 19.1 Å². The molecule has 0 saturated heterocycles. The molecule has 0 spiro atoms. The molecule has 0 saturated carbocycles. The van der Waals surface area contributed by atoms with Crippen molar-refractivity contribution in [1.29, 1.82) is 0 Å². The summed E-state index contributed by atoms with van der Waals surface area (Å²) in [6.07, 6.45) is 0. The maximum atomic E-state index is 12.1. The van der Waals surface area contributed by atoms with E-state index in [-0.39, 0.29) is 18.6 Å². The molecule has 1 unspecified atom stereocenters. The van der Waals surface area contributed by atoms with Gasteiger partial charge in [0.15, 0.2) is 0 Å². The third-order valence-corrected chi connectivity index (χ3v) is 3.38. The van der Waals surface area contributed by atoms with Crippen molar-refractivity contribution < 1.29 is 14.6 Å². The number of amides is 1. The first kappa shape index (κ1) is 16.5. The zero-order valence-corrected chi connectivity index (χ0v) is 12.7. The molecule has 0 aromatic heterocycles. The van der Waals surface area contributed by atoms with Gasteiger partial charge in [-0.15, -0.1) is 0 Å². The lowest BCUT2D eigenvalue weighted by molar-refractivity contribution is -0.131. The maximum Gasteiger partial charge on any atom is 0.236 e. The monoisotopic (exact) mass is 280 g/mol. The van der Waals surface area contributed by atoms with Crippen LogP contribution in [-0.2, 0) is 11.3 Å². The van der Waals surface area contributed by atoms with Crippen molar-refractivity contribution in [2.45, 2.75) is 19.5 Å². The fraction of sp³-hybridized carbons (Fsp3) is 0.533. The Morgan fingerprint density at radius 1 is 1.40 bits per heavy atom. The van der Waals surface area contributed by atoms with Crippen LogP contribution < -0.4 is 4.74 Å². The van der Waals surface area contributed by atoms with Gasteiger partial charge in [0.2, 0.25) is 5.91 Å². The first-order valence-corrected chi connectivity index (χ1v) is 6.66. The Labute approximate surface area is 120 Å². The maximum absolute atomic E-state index is 12.1. The summed E-state index contributed by atoms with van der Waals surface area (Å²) in [5.41, 5.74) is 1.03. The molecule has 0 heterocycles. The van der Waals surface area contributed by atoms with Crippen LogP contribution in [0.25, 0.3) is 0 Å². The molecule has 1 aromatic rings. The highest BCUT2D eigenvalue weighted by atomic mass is 16.5. The van der Waals surface area contributed by atoms with Crippen molar-refractivity contribution in [3.05, 3.63) is 29.8 Å². The van der Waals surface area contributed by atoms with Crippen LogP contribution >= 0.6 is 0 Å². The Bertz CT molecular complexity index is 437. The second-order valence-corrected chi connectivity index (χ2v) is 5.05. The molecule has 1 aromatic carbocycles. The van der Waals surface area contributed by atoms with Gasteiger partial charge >= 0.3 is 0 Å². The van der Waals surface area contributed by atoms with E-state index in [0.717, 1.165) is 11.3 Å². The molecule has 5 heteroatoms. The van der Waals surface area contributed by atoms with Crippen LogP contribution in [0.2, 0.25) is 0 Å². The van der Waals surface area contributed by atoms with Gasteiger partial charge in [-0.3, -0.25) is 9.69 Å². The van der Waals surface area contributed by atoms with Gasteiger partial charge < -0.3 is 14.7 Å². The van der Waals surface area contributed by atoms with Crippen molar-refractivity contribution in [3.8, 4) is 5.75 Å². The number of rotatable bonds is 7. The minimum Gasteiger partial charge on any atom is -0.497 e. The van der Waals surface area contributed by atoms with E-state index in [4.69, 9.17) is 9.84 Å². The molecule has 0 fully saturated rings. The molecular weight excluding hydrogens is 256 g/mol. The van der Waals surface area contributed by atoms with Gasteiger partial charge in [0.1, 0.15) is 5.75 Å². The average Bonchev–Trinajstić information content (AvgIpc) is 2.46. The summed E-state index contributed by atoms with van der Waals surface area (Å²) in [6.45, 7) is 2.76. The molecule has 0 aliphatic rings. The number of carbonyl (C=O) groups is 1. The smallest absolute Gasteiger partial charge is 0.236 e. The van der Waals surface area contributed by atoms with E-state index in [1.807, 2.05) is 43.1 Å². The van der Waals surface area contributed by atoms with Crippen LogP contribution in [0.1, 0.15) is 12.5 Å². The Morgan fingerprint density at radius 2 is 2.10 bits per heavy atom. The van der Waals surface area contributed by atoms with Crippen LogP contribution in [0.15, 0.2) is 24.3 Å². The summed E-state index contributed by atoms with van der Waals surface area (Å²) in [4.78, 5) is 15.6. The van der Waals surface area contributed by atoms with E-state index in [2.05, 4.69) is 0 Å². The third kappa shape index (κ3) is 4.83. The van der Waals surface area contributed by atoms with E-state index in [9.17, 15) is 4.79 Å². The van der Waals surface area contributed by atoms with Gasteiger partial charge in [-0.25, -0.2) is 0 Å². The van der Waals surface area contributed by atoms with Crippen molar-refractivity contribution in [2.24, 2.45) is 0 Å². The van der Waals surface area contributed by atoms with Crippen LogP contribution in [0.4, 0.5) is 0 Å². The molecular formula is C15H24N2O3. The minimum absolute atomic E-state index is 0.0237. The van der Waals surface area contributed by atoms with E-state index in [0.29, 0.717) is 13.1 Å². The molecule has 112 valence electrons. The SMILES string of the molecule is COc1cccc(CN(C)C(=O)CN(C)C(C)CO)c1. The number of methoxy groups -OCH3 is 1. The van der Waals surface area contributed by atoms with Crippen LogP contribution in [-0.4, -0.2) is 61.2 Å². The molecule has 0 radical (unpaired) electrons. The fourth-order valence-corrected chi connectivity index (χ4v) is 1.76. The summed E-state index contributed by atoms with van der Waals surface area (Å²) in [7, 11) is 5.23. The topological polar surface area (TPSA) is 53.0 Å². The number of likely N-dealkylation sites (N-methyl/N-ethyl adjacent to an activating group) is 2. The van der Waals surface area contributed by atoms with Crippen molar-refractivity contribution >= 4 is 5.91 Å². The minimum atomic E-state index is -0.0239. The summed E-state index contributed by atoms with van der Waals surface area (Å²) < 4.78 is 5.17. The number of hydrogen-bond donors (Lipinski definition) is 1. The molecule has 1 amide bonds. The molecule has 1 rings (SSSR count). The van der Waals surface area contributed by atoms with E-state index >= 15 is 0 Å². The molecule has 1 N–H and O–H groups in total. The quantitative estimate of drug-likeness (QED) is 0.808. The zero-order valence-electron chi connectivity index (χ0n) is 12.7.